The summed E-state index contributed by atoms with van der Waals surface area (Å²) in [6.45, 7) is 10.3. The number of hydrogen-bond donors (Lipinski definition) is 1. The summed E-state index contributed by atoms with van der Waals surface area (Å²) in [5.41, 5.74) is 6.72. The zero-order valence-corrected chi connectivity index (χ0v) is 12.3. The van der Waals surface area contributed by atoms with Crippen molar-refractivity contribution in [1.82, 2.24) is 0 Å². The van der Waals surface area contributed by atoms with Gasteiger partial charge < -0.3 is 10.5 Å². The Balaban J connectivity index is 2.61. The summed E-state index contributed by atoms with van der Waals surface area (Å²) in [5.74, 6) is 2.16. The van der Waals surface area contributed by atoms with Crippen LogP contribution in [0.2, 0.25) is 0 Å². The second kappa shape index (κ2) is 6.19. The van der Waals surface area contributed by atoms with Crippen molar-refractivity contribution in [3.8, 4) is 0 Å². The van der Waals surface area contributed by atoms with Crippen molar-refractivity contribution >= 4 is 0 Å². The lowest BCUT2D eigenvalue weighted by molar-refractivity contribution is 0.0450. The van der Waals surface area contributed by atoms with Gasteiger partial charge in [0.15, 0.2) is 0 Å². The summed E-state index contributed by atoms with van der Waals surface area (Å²) < 4.78 is 5.21. The van der Waals surface area contributed by atoms with Crippen LogP contribution in [0.15, 0.2) is 0 Å². The Morgan fingerprint density at radius 3 is 2.53 bits per heavy atom. The number of nitrogens with two attached hydrogens (primary N) is 1. The fourth-order valence-electron chi connectivity index (χ4n) is 3.38. The molecule has 2 N–H and O–H groups in total. The first-order valence-corrected chi connectivity index (χ1v) is 7.14. The second-order valence-electron chi connectivity index (χ2n) is 6.69. The molecular weight excluding hydrogens is 210 g/mol. The normalized spacial score (nSPS) is 32.5. The van der Waals surface area contributed by atoms with Crippen molar-refractivity contribution in [3.05, 3.63) is 0 Å². The first-order chi connectivity index (χ1) is 7.89. The maximum atomic E-state index is 6.39. The fourth-order valence-corrected chi connectivity index (χ4v) is 3.38. The molecule has 0 radical (unpaired) electrons. The minimum atomic E-state index is 0.331. The molecule has 0 spiro atoms. The molecule has 0 aromatic rings. The Labute approximate surface area is 107 Å². The molecule has 0 saturated heterocycles. The van der Waals surface area contributed by atoms with Crippen molar-refractivity contribution in [2.75, 3.05) is 13.7 Å². The van der Waals surface area contributed by atoms with Gasteiger partial charge in [-0.15, -0.1) is 0 Å². The molecule has 4 atom stereocenters. The molecule has 0 aliphatic heterocycles. The number of methoxy groups -OCH3 is 1. The van der Waals surface area contributed by atoms with Gasteiger partial charge >= 0.3 is 0 Å². The van der Waals surface area contributed by atoms with E-state index in [0.29, 0.717) is 23.3 Å². The molecule has 1 aliphatic carbocycles. The summed E-state index contributed by atoms with van der Waals surface area (Å²) in [5, 5.41) is 0. The summed E-state index contributed by atoms with van der Waals surface area (Å²) in [6.07, 6.45) is 4.98. The van der Waals surface area contributed by atoms with E-state index in [1.807, 2.05) is 0 Å². The van der Waals surface area contributed by atoms with E-state index in [0.717, 1.165) is 18.9 Å². The van der Waals surface area contributed by atoms with Crippen LogP contribution in [0.25, 0.3) is 0 Å². The molecule has 0 aromatic heterocycles. The number of rotatable bonds is 5. The summed E-state index contributed by atoms with van der Waals surface area (Å²) in [7, 11) is 1.79. The van der Waals surface area contributed by atoms with E-state index >= 15 is 0 Å². The van der Waals surface area contributed by atoms with Crippen LogP contribution in [-0.2, 0) is 4.74 Å². The third-order valence-electron chi connectivity index (χ3n) is 5.14. The molecule has 0 amide bonds. The quantitative estimate of drug-likeness (QED) is 0.800. The Kier molecular flexibility index (Phi) is 5.46. The first-order valence-electron chi connectivity index (χ1n) is 7.14. The van der Waals surface area contributed by atoms with Gasteiger partial charge in [-0.3, -0.25) is 0 Å². The van der Waals surface area contributed by atoms with Gasteiger partial charge in [0.2, 0.25) is 0 Å². The molecule has 102 valence electrons. The third kappa shape index (κ3) is 3.69. The Morgan fingerprint density at radius 1 is 1.35 bits per heavy atom. The molecule has 4 unspecified atom stereocenters. The van der Waals surface area contributed by atoms with Crippen LogP contribution in [0.1, 0.15) is 53.4 Å². The lowest BCUT2D eigenvalue weighted by atomic mass is 9.61. The van der Waals surface area contributed by atoms with Crippen LogP contribution in [0.4, 0.5) is 0 Å². The zero-order valence-electron chi connectivity index (χ0n) is 12.3. The van der Waals surface area contributed by atoms with Gasteiger partial charge in [-0.1, -0.05) is 34.1 Å². The third-order valence-corrected chi connectivity index (χ3v) is 5.14. The van der Waals surface area contributed by atoms with Crippen LogP contribution in [-0.4, -0.2) is 19.8 Å². The van der Waals surface area contributed by atoms with Crippen molar-refractivity contribution in [3.63, 3.8) is 0 Å². The SMILES string of the molecule is COCCC(C)C(C)(C)C1CCC(C)CC1N. The average Bonchev–Trinajstić information content (AvgIpc) is 2.25. The highest BCUT2D eigenvalue weighted by atomic mass is 16.5. The summed E-state index contributed by atoms with van der Waals surface area (Å²) >= 11 is 0. The predicted molar refractivity (Wildman–Crippen MR) is 73.9 cm³/mol. The number of hydrogen-bond acceptors (Lipinski definition) is 2. The molecule has 1 aliphatic rings. The van der Waals surface area contributed by atoms with Crippen LogP contribution in [0.5, 0.6) is 0 Å². The lowest BCUT2D eigenvalue weighted by Crippen LogP contribution is -2.46. The second-order valence-corrected chi connectivity index (χ2v) is 6.69. The van der Waals surface area contributed by atoms with Gasteiger partial charge in [-0.05, 0) is 42.4 Å². The van der Waals surface area contributed by atoms with Crippen LogP contribution in [0.3, 0.4) is 0 Å². The fraction of sp³-hybridized carbons (Fsp3) is 1.00. The highest BCUT2D eigenvalue weighted by Crippen LogP contribution is 2.44. The van der Waals surface area contributed by atoms with E-state index in [4.69, 9.17) is 10.5 Å². The van der Waals surface area contributed by atoms with Crippen molar-refractivity contribution in [1.29, 1.82) is 0 Å². The van der Waals surface area contributed by atoms with Gasteiger partial charge in [0.25, 0.3) is 0 Å². The molecule has 2 heteroatoms. The van der Waals surface area contributed by atoms with Crippen molar-refractivity contribution in [2.24, 2.45) is 28.9 Å². The van der Waals surface area contributed by atoms with Gasteiger partial charge in [0.1, 0.15) is 0 Å². The molecule has 2 nitrogen and oxygen atoms in total. The van der Waals surface area contributed by atoms with Crippen LogP contribution < -0.4 is 5.73 Å². The minimum absolute atomic E-state index is 0.331. The van der Waals surface area contributed by atoms with E-state index < -0.39 is 0 Å². The Hall–Kier alpha value is -0.0800. The van der Waals surface area contributed by atoms with Gasteiger partial charge in [0.05, 0.1) is 0 Å². The van der Waals surface area contributed by atoms with Crippen LogP contribution >= 0.6 is 0 Å². The summed E-state index contributed by atoms with van der Waals surface area (Å²) in [6, 6.07) is 0.388. The highest BCUT2D eigenvalue weighted by molar-refractivity contribution is 4.92. The van der Waals surface area contributed by atoms with E-state index in [-0.39, 0.29) is 0 Å². The molecule has 17 heavy (non-hydrogen) atoms. The van der Waals surface area contributed by atoms with Crippen LogP contribution in [0, 0.1) is 23.2 Å². The largest absolute Gasteiger partial charge is 0.385 e. The van der Waals surface area contributed by atoms with E-state index in [1.165, 1.54) is 19.3 Å². The zero-order chi connectivity index (χ0) is 13.1. The van der Waals surface area contributed by atoms with E-state index in [1.54, 1.807) is 7.11 Å². The van der Waals surface area contributed by atoms with E-state index in [2.05, 4.69) is 27.7 Å². The monoisotopic (exact) mass is 241 g/mol. The maximum Gasteiger partial charge on any atom is 0.0465 e. The van der Waals surface area contributed by atoms with Gasteiger partial charge in [-0.2, -0.15) is 0 Å². The maximum absolute atomic E-state index is 6.39. The Morgan fingerprint density at radius 2 is 2.00 bits per heavy atom. The minimum Gasteiger partial charge on any atom is -0.385 e. The molecular formula is C15H31NO. The number of ether oxygens (including phenoxy) is 1. The molecule has 0 bridgehead atoms. The molecule has 1 saturated carbocycles. The lowest BCUT2D eigenvalue weighted by Gasteiger charge is -2.46. The predicted octanol–water partition coefficient (Wildman–Crippen LogP) is 3.45. The molecule has 0 heterocycles. The van der Waals surface area contributed by atoms with Gasteiger partial charge in [0, 0.05) is 19.8 Å². The molecule has 1 fully saturated rings. The van der Waals surface area contributed by atoms with E-state index in [9.17, 15) is 0 Å². The molecule has 0 aromatic carbocycles. The topological polar surface area (TPSA) is 35.2 Å². The first kappa shape index (κ1) is 15.0. The van der Waals surface area contributed by atoms with Crippen molar-refractivity contribution < 1.29 is 4.74 Å². The van der Waals surface area contributed by atoms with Gasteiger partial charge in [-0.25, -0.2) is 0 Å². The molecule has 1 rings (SSSR count). The Bertz CT molecular complexity index is 227. The summed E-state index contributed by atoms with van der Waals surface area (Å²) in [4.78, 5) is 0. The standard InChI is InChI=1S/C15H31NO/c1-11-6-7-13(14(16)10-11)15(3,4)12(2)8-9-17-5/h11-14H,6-10,16H2,1-5H3. The smallest absolute Gasteiger partial charge is 0.0465 e. The average molecular weight is 241 g/mol. The van der Waals surface area contributed by atoms with Crippen molar-refractivity contribution in [2.45, 2.75) is 59.4 Å². The highest BCUT2D eigenvalue weighted by Gasteiger charge is 2.40.